The van der Waals surface area contributed by atoms with Gasteiger partial charge in [-0.25, -0.2) is 9.97 Å². The molecule has 0 spiro atoms. The predicted octanol–water partition coefficient (Wildman–Crippen LogP) is 4.87. The molecule has 3 rings (SSSR count). The Labute approximate surface area is 155 Å². The van der Waals surface area contributed by atoms with Crippen molar-refractivity contribution in [2.24, 2.45) is 0 Å². The lowest BCUT2D eigenvalue weighted by atomic mass is 9.94. The molecule has 1 aromatic heterocycles. The Morgan fingerprint density at radius 1 is 0.926 bits per heavy atom. The topological polar surface area (TPSA) is 44.2 Å². The van der Waals surface area contributed by atoms with Crippen LogP contribution < -0.4 is 9.47 Å². The molecule has 142 valence electrons. The van der Waals surface area contributed by atoms with Gasteiger partial charge in [0.15, 0.2) is 0 Å². The number of aromatic nitrogens is 2. The minimum Gasteiger partial charge on any atom is -0.496 e. The Morgan fingerprint density at radius 2 is 1.56 bits per heavy atom. The summed E-state index contributed by atoms with van der Waals surface area (Å²) in [5, 5.41) is 1.81. The van der Waals surface area contributed by atoms with Crippen LogP contribution in [-0.2, 0) is 12.6 Å². The van der Waals surface area contributed by atoms with Crippen molar-refractivity contribution in [3.63, 3.8) is 0 Å². The van der Waals surface area contributed by atoms with Crippen molar-refractivity contribution in [1.82, 2.24) is 9.97 Å². The molecule has 2 aromatic carbocycles. The molecule has 7 heteroatoms. The summed E-state index contributed by atoms with van der Waals surface area (Å²) in [6.45, 7) is 3.88. The zero-order valence-electron chi connectivity index (χ0n) is 15.4. The van der Waals surface area contributed by atoms with E-state index in [9.17, 15) is 13.2 Å². The fourth-order valence-corrected chi connectivity index (χ4v) is 3.22. The Kier molecular flexibility index (Phi) is 4.95. The lowest BCUT2D eigenvalue weighted by Gasteiger charge is -2.19. The fourth-order valence-electron chi connectivity index (χ4n) is 3.22. The van der Waals surface area contributed by atoms with Crippen LogP contribution in [0.3, 0.4) is 0 Å². The van der Waals surface area contributed by atoms with Crippen molar-refractivity contribution in [3.8, 4) is 11.5 Å². The average molecular weight is 376 g/mol. The van der Waals surface area contributed by atoms with Gasteiger partial charge >= 0.3 is 6.18 Å². The predicted molar refractivity (Wildman–Crippen MR) is 96.4 cm³/mol. The van der Waals surface area contributed by atoms with Crippen molar-refractivity contribution in [3.05, 3.63) is 58.7 Å². The summed E-state index contributed by atoms with van der Waals surface area (Å²) in [5.74, 6) is 0.238. The molecule has 0 radical (unpaired) electrons. The molecule has 0 fully saturated rings. The molecule has 0 saturated carbocycles. The van der Waals surface area contributed by atoms with Gasteiger partial charge in [-0.05, 0) is 31.0 Å². The second kappa shape index (κ2) is 7.06. The summed E-state index contributed by atoms with van der Waals surface area (Å²) in [6, 6.07) is 5.97. The maximum absolute atomic E-state index is 12.7. The number of hydrogen-bond donors (Lipinski definition) is 0. The van der Waals surface area contributed by atoms with Crippen LogP contribution >= 0.6 is 0 Å². The van der Waals surface area contributed by atoms with Crippen LogP contribution in [-0.4, -0.2) is 24.2 Å². The van der Waals surface area contributed by atoms with E-state index in [2.05, 4.69) is 9.97 Å². The summed E-state index contributed by atoms with van der Waals surface area (Å²) in [7, 11) is 3.18. The van der Waals surface area contributed by atoms with E-state index in [0.717, 1.165) is 27.5 Å². The van der Waals surface area contributed by atoms with E-state index in [4.69, 9.17) is 9.47 Å². The molecule has 0 aliphatic rings. The Bertz CT molecular complexity index is 983. The molecule has 0 saturated heterocycles. The van der Waals surface area contributed by atoms with Gasteiger partial charge in [0.05, 0.1) is 14.2 Å². The molecule has 0 atom stereocenters. The quantitative estimate of drug-likeness (QED) is 0.651. The third kappa shape index (κ3) is 3.54. The van der Waals surface area contributed by atoms with E-state index in [1.54, 1.807) is 14.2 Å². The Hall–Kier alpha value is -2.83. The van der Waals surface area contributed by atoms with Crippen LogP contribution in [0.5, 0.6) is 11.5 Å². The lowest BCUT2D eigenvalue weighted by Crippen LogP contribution is -2.11. The second-order valence-electron chi connectivity index (χ2n) is 6.31. The monoisotopic (exact) mass is 376 g/mol. The van der Waals surface area contributed by atoms with Gasteiger partial charge in [0, 0.05) is 35.2 Å². The number of fused-ring (bicyclic) bond motifs is 1. The van der Waals surface area contributed by atoms with Gasteiger partial charge in [-0.1, -0.05) is 17.7 Å². The summed E-state index contributed by atoms with van der Waals surface area (Å²) in [6.07, 6.45) is -1.84. The molecule has 0 aliphatic heterocycles. The van der Waals surface area contributed by atoms with E-state index in [1.165, 1.54) is 12.4 Å². The third-order valence-corrected chi connectivity index (χ3v) is 4.48. The van der Waals surface area contributed by atoms with Gasteiger partial charge in [-0.2, -0.15) is 13.2 Å². The summed E-state index contributed by atoms with van der Waals surface area (Å²) in [4.78, 5) is 6.88. The second-order valence-corrected chi connectivity index (χ2v) is 6.31. The number of methoxy groups -OCH3 is 2. The highest BCUT2D eigenvalue weighted by Crippen LogP contribution is 2.41. The van der Waals surface area contributed by atoms with Gasteiger partial charge in [-0.15, -0.1) is 0 Å². The van der Waals surface area contributed by atoms with Gasteiger partial charge < -0.3 is 9.47 Å². The Morgan fingerprint density at radius 3 is 2.11 bits per heavy atom. The molecule has 0 unspecified atom stereocenters. The molecule has 1 heterocycles. The fraction of sp³-hybridized carbons (Fsp3) is 0.300. The van der Waals surface area contributed by atoms with Crippen molar-refractivity contribution >= 4 is 10.8 Å². The molecule has 0 bridgehead atoms. The summed E-state index contributed by atoms with van der Waals surface area (Å²) in [5.41, 5.74) is 3.32. The minimum absolute atomic E-state index is 0.327. The van der Waals surface area contributed by atoms with Crippen LogP contribution in [0.15, 0.2) is 30.6 Å². The van der Waals surface area contributed by atoms with Crippen molar-refractivity contribution in [1.29, 1.82) is 0 Å². The molecular formula is C20H19F3N2O2. The largest absolute Gasteiger partial charge is 0.496 e. The minimum atomic E-state index is -4.56. The van der Waals surface area contributed by atoms with Crippen LogP contribution in [0.2, 0.25) is 0 Å². The van der Waals surface area contributed by atoms with Crippen LogP contribution in [0.1, 0.15) is 28.1 Å². The average Bonchev–Trinajstić information content (AvgIpc) is 2.62. The summed E-state index contributed by atoms with van der Waals surface area (Å²) < 4.78 is 49.3. The number of hydrogen-bond acceptors (Lipinski definition) is 4. The van der Waals surface area contributed by atoms with Gasteiger partial charge in [0.2, 0.25) is 5.82 Å². The molecule has 0 aliphatic carbocycles. The normalized spacial score (nSPS) is 11.7. The SMILES string of the molecule is COc1c(C)c(Cc2cnc(C(F)(F)F)nc2)c(OC)c2cc(C)ccc12. The number of ether oxygens (including phenoxy) is 2. The van der Waals surface area contributed by atoms with E-state index < -0.39 is 12.0 Å². The highest BCUT2D eigenvalue weighted by Gasteiger charge is 2.34. The number of nitrogens with zero attached hydrogens (tertiary/aromatic N) is 2. The van der Waals surface area contributed by atoms with E-state index >= 15 is 0 Å². The maximum atomic E-state index is 12.7. The zero-order valence-corrected chi connectivity index (χ0v) is 15.4. The van der Waals surface area contributed by atoms with Gasteiger partial charge in [0.25, 0.3) is 0 Å². The van der Waals surface area contributed by atoms with E-state index in [1.807, 2.05) is 32.0 Å². The van der Waals surface area contributed by atoms with E-state index in [0.29, 0.717) is 23.5 Å². The molecule has 3 aromatic rings. The Balaban J connectivity index is 2.14. The first-order valence-corrected chi connectivity index (χ1v) is 8.28. The molecule has 0 N–H and O–H groups in total. The van der Waals surface area contributed by atoms with Crippen molar-refractivity contribution in [2.45, 2.75) is 26.4 Å². The van der Waals surface area contributed by atoms with Crippen molar-refractivity contribution in [2.75, 3.05) is 14.2 Å². The van der Waals surface area contributed by atoms with Crippen LogP contribution in [0.25, 0.3) is 10.8 Å². The van der Waals surface area contributed by atoms with Crippen molar-refractivity contribution < 1.29 is 22.6 Å². The maximum Gasteiger partial charge on any atom is 0.451 e. The number of benzene rings is 2. The number of rotatable bonds is 4. The van der Waals surface area contributed by atoms with Gasteiger partial charge in [0.1, 0.15) is 11.5 Å². The smallest absolute Gasteiger partial charge is 0.451 e. The molecule has 0 amide bonds. The molecule has 27 heavy (non-hydrogen) atoms. The first kappa shape index (κ1) is 18.9. The molecule has 4 nitrogen and oxygen atoms in total. The van der Waals surface area contributed by atoms with E-state index in [-0.39, 0.29) is 0 Å². The van der Waals surface area contributed by atoms with Crippen LogP contribution in [0.4, 0.5) is 13.2 Å². The third-order valence-electron chi connectivity index (χ3n) is 4.48. The standard InChI is InChI=1S/C20H19F3N2O2/c1-11-5-6-14-16(7-11)18(27-4)15(12(2)17(14)26-3)8-13-9-24-19(25-10-13)20(21,22)23/h5-7,9-10H,8H2,1-4H3. The van der Waals surface area contributed by atoms with Gasteiger partial charge in [-0.3, -0.25) is 0 Å². The number of alkyl halides is 3. The number of halogens is 3. The highest BCUT2D eigenvalue weighted by atomic mass is 19.4. The highest BCUT2D eigenvalue weighted by molar-refractivity contribution is 5.96. The lowest BCUT2D eigenvalue weighted by molar-refractivity contribution is -0.145. The van der Waals surface area contributed by atoms with Crippen LogP contribution in [0, 0.1) is 13.8 Å². The first-order valence-electron chi connectivity index (χ1n) is 8.28. The molecular weight excluding hydrogens is 357 g/mol. The summed E-state index contributed by atoms with van der Waals surface area (Å²) >= 11 is 0. The number of aryl methyl sites for hydroxylation is 1. The first-order chi connectivity index (χ1) is 12.8. The zero-order chi connectivity index (χ0) is 19.8.